The highest BCUT2D eigenvalue weighted by molar-refractivity contribution is 6.30. The van der Waals surface area contributed by atoms with E-state index in [1.807, 2.05) is 6.07 Å². The molecule has 3 rings (SSSR count). The van der Waals surface area contributed by atoms with Crippen LogP contribution in [0.25, 0.3) is 0 Å². The van der Waals surface area contributed by atoms with Crippen LogP contribution in [0.3, 0.4) is 0 Å². The zero-order chi connectivity index (χ0) is 14.2. The molecule has 2 aliphatic rings. The van der Waals surface area contributed by atoms with Gasteiger partial charge in [-0.3, -0.25) is 0 Å². The van der Waals surface area contributed by atoms with Crippen molar-refractivity contribution >= 4 is 11.6 Å². The van der Waals surface area contributed by atoms with Crippen molar-refractivity contribution in [3.63, 3.8) is 0 Å². The lowest BCUT2D eigenvalue weighted by molar-refractivity contribution is -0.147. The van der Waals surface area contributed by atoms with E-state index in [2.05, 4.69) is 31.4 Å². The summed E-state index contributed by atoms with van der Waals surface area (Å²) in [6.07, 6.45) is 6.14. The fraction of sp³-hybridized carbons (Fsp3) is 0.647. The number of hydrogen-bond donors (Lipinski definition) is 1. The van der Waals surface area contributed by atoms with Crippen molar-refractivity contribution in [2.75, 3.05) is 13.7 Å². The first-order valence-corrected chi connectivity index (χ1v) is 8.08. The summed E-state index contributed by atoms with van der Waals surface area (Å²) in [6.45, 7) is 3.02. The van der Waals surface area contributed by atoms with Crippen LogP contribution in [0, 0.1) is 12.8 Å². The largest absolute Gasteiger partial charge is 0.375 e. The molecule has 3 heteroatoms. The van der Waals surface area contributed by atoms with Gasteiger partial charge >= 0.3 is 0 Å². The molecule has 0 bridgehead atoms. The van der Waals surface area contributed by atoms with Crippen molar-refractivity contribution in [2.24, 2.45) is 5.92 Å². The van der Waals surface area contributed by atoms with Gasteiger partial charge in [0.25, 0.3) is 0 Å². The maximum atomic E-state index is 6.23. The Morgan fingerprint density at radius 3 is 2.75 bits per heavy atom. The minimum atomic E-state index is 0.200. The van der Waals surface area contributed by atoms with Crippen molar-refractivity contribution in [1.82, 2.24) is 5.32 Å². The Morgan fingerprint density at radius 2 is 2.15 bits per heavy atom. The van der Waals surface area contributed by atoms with Crippen molar-refractivity contribution < 1.29 is 4.74 Å². The van der Waals surface area contributed by atoms with Crippen LogP contribution in [0.4, 0.5) is 0 Å². The molecule has 2 unspecified atom stereocenters. The Bertz CT molecular complexity index is 464. The van der Waals surface area contributed by atoms with Crippen LogP contribution in [0.2, 0.25) is 5.02 Å². The summed E-state index contributed by atoms with van der Waals surface area (Å²) in [6, 6.07) is 6.78. The minimum absolute atomic E-state index is 0.200. The maximum Gasteiger partial charge on any atom is 0.0686 e. The molecule has 1 aromatic carbocycles. The second-order valence-corrected chi connectivity index (χ2v) is 6.90. The van der Waals surface area contributed by atoms with Gasteiger partial charge in [0.2, 0.25) is 0 Å². The van der Waals surface area contributed by atoms with Gasteiger partial charge in [-0.25, -0.2) is 0 Å². The van der Waals surface area contributed by atoms with Gasteiger partial charge in [-0.1, -0.05) is 17.7 Å². The van der Waals surface area contributed by atoms with Gasteiger partial charge in [-0.05, 0) is 75.3 Å². The average Bonchev–Trinajstić information content (AvgIpc) is 2.37. The molecule has 2 nitrogen and oxygen atoms in total. The quantitative estimate of drug-likeness (QED) is 0.899. The first kappa shape index (κ1) is 14.4. The van der Waals surface area contributed by atoms with Crippen LogP contribution in [0.1, 0.15) is 49.3 Å². The molecule has 1 aliphatic carbocycles. The molecule has 0 radical (unpaired) electrons. The van der Waals surface area contributed by atoms with E-state index in [4.69, 9.17) is 16.3 Å². The highest BCUT2D eigenvalue weighted by atomic mass is 35.5. The van der Waals surface area contributed by atoms with Crippen LogP contribution in [0.15, 0.2) is 18.2 Å². The van der Waals surface area contributed by atoms with Gasteiger partial charge < -0.3 is 10.1 Å². The van der Waals surface area contributed by atoms with Crippen molar-refractivity contribution in [2.45, 2.75) is 50.7 Å². The standard InChI is InChI=1S/C17H24ClNO/c1-12-8-14(10-15(18)9-12)16(19-2)13-4-7-20-17(11-13)5-3-6-17/h8-10,13,16,19H,3-7,11H2,1-2H3. The monoisotopic (exact) mass is 293 g/mol. The predicted octanol–water partition coefficient (Wildman–Crippen LogP) is 4.26. The van der Waals surface area contributed by atoms with Crippen LogP contribution in [-0.4, -0.2) is 19.3 Å². The smallest absolute Gasteiger partial charge is 0.0686 e. The van der Waals surface area contributed by atoms with Crippen LogP contribution < -0.4 is 5.32 Å². The lowest BCUT2D eigenvalue weighted by atomic mass is 9.69. The molecular formula is C17H24ClNO. The number of nitrogens with one attached hydrogen (secondary N) is 1. The number of halogens is 1. The predicted molar refractivity (Wildman–Crippen MR) is 83.2 cm³/mol. The molecular weight excluding hydrogens is 270 g/mol. The third kappa shape index (κ3) is 2.74. The number of aryl methyl sites for hydroxylation is 1. The zero-order valence-electron chi connectivity index (χ0n) is 12.4. The second-order valence-electron chi connectivity index (χ2n) is 6.47. The number of ether oxygens (including phenoxy) is 1. The number of rotatable bonds is 3. The van der Waals surface area contributed by atoms with E-state index in [-0.39, 0.29) is 5.60 Å². The molecule has 0 amide bonds. The Morgan fingerprint density at radius 1 is 1.35 bits per heavy atom. The fourth-order valence-corrected chi connectivity index (χ4v) is 4.19. The molecule has 1 spiro atoms. The van der Waals surface area contributed by atoms with Gasteiger partial charge in [-0.2, -0.15) is 0 Å². The van der Waals surface area contributed by atoms with Crippen LogP contribution in [0.5, 0.6) is 0 Å². The average molecular weight is 294 g/mol. The Kier molecular flexibility index (Phi) is 4.07. The van der Waals surface area contributed by atoms with Crippen molar-refractivity contribution in [3.8, 4) is 0 Å². The summed E-state index contributed by atoms with van der Waals surface area (Å²) >= 11 is 6.23. The molecule has 1 heterocycles. The van der Waals surface area contributed by atoms with E-state index in [0.29, 0.717) is 12.0 Å². The zero-order valence-corrected chi connectivity index (χ0v) is 13.2. The van der Waals surface area contributed by atoms with E-state index in [9.17, 15) is 0 Å². The summed E-state index contributed by atoms with van der Waals surface area (Å²) in [7, 11) is 2.06. The Hall–Kier alpha value is -0.570. The van der Waals surface area contributed by atoms with E-state index in [0.717, 1.165) is 18.1 Å². The number of hydrogen-bond acceptors (Lipinski definition) is 2. The Labute approximate surface area is 126 Å². The van der Waals surface area contributed by atoms with E-state index in [1.165, 1.54) is 36.8 Å². The van der Waals surface area contributed by atoms with Crippen LogP contribution in [-0.2, 0) is 4.74 Å². The SMILES string of the molecule is CNC(c1cc(C)cc(Cl)c1)C1CCOC2(CCC2)C1. The highest BCUT2D eigenvalue weighted by Crippen LogP contribution is 2.47. The first-order chi connectivity index (χ1) is 9.62. The van der Waals surface area contributed by atoms with Crippen LogP contribution >= 0.6 is 11.6 Å². The van der Waals surface area contributed by atoms with E-state index >= 15 is 0 Å². The molecule has 0 aromatic heterocycles. The molecule has 1 N–H and O–H groups in total. The molecule has 20 heavy (non-hydrogen) atoms. The molecule has 1 aromatic rings. The summed E-state index contributed by atoms with van der Waals surface area (Å²) < 4.78 is 6.06. The normalized spacial score (nSPS) is 26.2. The summed E-state index contributed by atoms with van der Waals surface area (Å²) in [5.74, 6) is 0.645. The summed E-state index contributed by atoms with van der Waals surface area (Å²) in [5.41, 5.74) is 2.75. The van der Waals surface area contributed by atoms with Crippen molar-refractivity contribution in [3.05, 3.63) is 34.3 Å². The summed E-state index contributed by atoms with van der Waals surface area (Å²) in [5, 5.41) is 4.35. The molecule has 2 atom stereocenters. The van der Waals surface area contributed by atoms with E-state index < -0.39 is 0 Å². The topological polar surface area (TPSA) is 21.3 Å². The molecule has 110 valence electrons. The molecule has 1 saturated heterocycles. The lowest BCUT2D eigenvalue weighted by Gasteiger charge is -2.48. The third-order valence-corrected chi connectivity index (χ3v) is 5.22. The minimum Gasteiger partial charge on any atom is -0.375 e. The van der Waals surface area contributed by atoms with Gasteiger partial charge in [-0.15, -0.1) is 0 Å². The number of benzene rings is 1. The first-order valence-electron chi connectivity index (χ1n) is 7.70. The molecule has 2 fully saturated rings. The summed E-state index contributed by atoms with van der Waals surface area (Å²) in [4.78, 5) is 0. The van der Waals surface area contributed by atoms with E-state index in [1.54, 1.807) is 0 Å². The van der Waals surface area contributed by atoms with Gasteiger partial charge in [0, 0.05) is 17.7 Å². The maximum absolute atomic E-state index is 6.23. The molecule has 1 aliphatic heterocycles. The van der Waals surface area contributed by atoms with Gasteiger partial charge in [0.1, 0.15) is 0 Å². The fourth-order valence-electron chi connectivity index (χ4n) is 3.89. The lowest BCUT2D eigenvalue weighted by Crippen LogP contribution is -2.47. The Balaban J connectivity index is 1.81. The van der Waals surface area contributed by atoms with Crippen molar-refractivity contribution in [1.29, 1.82) is 0 Å². The van der Waals surface area contributed by atoms with Gasteiger partial charge in [0.15, 0.2) is 0 Å². The highest BCUT2D eigenvalue weighted by Gasteiger charge is 2.44. The van der Waals surface area contributed by atoms with Gasteiger partial charge in [0.05, 0.1) is 5.60 Å². The molecule has 1 saturated carbocycles. The second kappa shape index (κ2) is 5.67. The third-order valence-electron chi connectivity index (χ3n) is 5.00.